The summed E-state index contributed by atoms with van der Waals surface area (Å²) in [6.07, 6.45) is 1.73. The first-order chi connectivity index (χ1) is 6.77. The predicted octanol–water partition coefficient (Wildman–Crippen LogP) is 1.63. The van der Waals surface area contributed by atoms with E-state index in [1.165, 1.54) is 6.92 Å². The SMILES string of the molecule is CC(=O)OCc1cccc2[nH]ncc12. The largest absolute Gasteiger partial charge is 0.461 e. The second kappa shape index (κ2) is 3.49. The van der Waals surface area contributed by atoms with Gasteiger partial charge in [-0.15, -0.1) is 0 Å². The first-order valence-corrected chi connectivity index (χ1v) is 4.31. The third-order valence-electron chi connectivity index (χ3n) is 2.01. The van der Waals surface area contributed by atoms with E-state index in [1.807, 2.05) is 18.2 Å². The maximum Gasteiger partial charge on any atom is 0.302 e. The van der Waals surface area contributed by atoms with Crippen molar-refractivity contribution in [1.29, 1.82) is 0 Å². The standard InChI is InChI=1S/C10H10N2O2/c1-7(13)14-6-8-3-2-4-10-9(8)5-11-12-10/h2-5H,6H2,1H3,(H,11,12). The highest BCUT2D eigenvalue weighted by molar-refractivity contribution is 5.81. The van der Waals surface area contributed by atoms with Gasteiger partial charge in [-0.1, -0.05) is 12.1 Å². The lowest BCUT2D eigenvalue weighted by molar-refractivity contribution is -0.142. The number of fused-ring (bicyclic) bond motifs is 1. The van der Waals surface area contributed by atoms with Crippen molar-refractivity contribution in [2.75, 3.05) is 0 Å². The second-order valence-electron chi connectivity index (χ2n) is 3.03. The lowest BCUT2D eigenvalue weighted by Gasteiger charge is -2.02. The molecule has 0 radical (unpaired) electrons. The Labute approximate surface area is 80.9 Å². The van der Waals surface area contributed by atoms with Crippen LogP contribution in [0.3, 0.4) is 0 Å². The van der Waals surface area contributed by atoms with Crippen molar-refractivity contribution >= 4 is 16.9 Å². The molecule has 1 aromatic heterocycles. The number of H-pyrrole nitrogens is 1. The number of hydrogen-bond acceptors (Lipinski definition) is 3. The van der Waals surface area contributed by atoms with Crippen molar-refractivity contribution in [3.63, 3.8) is 0 Å². The van der Waals surface area contributed by atoms with Gasteiger partial charge in [0.05, 0.1) is 11.7 Å². The molecule has 2 rings (SSSR count). The summed E-state index contributed by atoms with van der Waals surface area (Å²) in [5, 5.41) is 7.77. The topological polar surface area (TPSA) is 55.0 Å². The molecule has 4 nitrogen and oxygen atoms in total. The van der Waals surface area contributed by atoms with Gasteiger partial charge >= 0.3 is 5.97 Å². The number of ether oxygens (including phenoxy) is 1. The molecule has 0 saturated carbocycles. The van der Waals surface area contributed by atoms with Crippen LogP contribution in [0.1, 0.15) is 12.5 Å². The number of aromatic amines is 1. The van der Waals surface area contributed by atoms with Gasteiger partial charge in [-0.05, 0) is 6.07 Å². The van der Waals surface area contributed by atoms with Crippen LogP contribution in [0.5, 0.6) is 0 Å². The first kappa shape index (κ1) is 8.74. The lowest BCUT2D eigenvalue weighted by atomic mass is 10.1. The number of esters is 1. The van der Waals surface area contributed by atoms with Crippen molar-refractivity contribution < 1.29 is 9.53 Å². The van der Waals surface area contributed by atoms with Gasteiger partial charge in [0, 0.05) is 17.9 Å². The van der Waals surface area contributed by atoms with E-state index in [0.717, 1.165) is 16.5 Å². The fourth-order valence-electron chi connectivity index (χ4n) is 1.33. The van der Waals surface area contributed by atoms with E-state index in [0.29, 0.717) is 6.61 Å². The molecule has 72 valence electrons. The van der Waals surface area contributed by atoms with E-state index in [-0.39, 0.29) is 5.97 Å². The summed E-state index contributed by atoms with van der Waals surface area (Å²) in [7, 11) is 0. The third kappa shape index (κ3) is 1.59. The van der Waals surface area contributed by atoms with Gasteiger partial charge in [0.1, 0.15) is 6.61 Å². The Morgan fingerprint density at radius 3 is 3.21 bits per heavy atom. The van der Waals surface area contributed by atoms with E-state index >= 15 is 0 Å². The van der Waals surface area contributed by atoms with Gasteiger partial charge in [0.15, 0.2) is 0 Å². The Morgan fingerprint density at radius 2 is 2.43 bits per heavy atom. The Hall–Kier alpha value is -1.84. The third-order valence-corrected chi connectivity index (χ3v) is 2.01. The van der Waals surface area contributed by atoms with E-state index in [1.54, 1.807) is 6.20 Å². The Balaban J connectivity index is 2.32. The molecule has 14 heavy (non-hydrogen) atoms. The molecule has 0 aliphatic rings. The Morgan fingerprint density at radius 1 is 1.57 bits per heavy atom. The van der Waals surface area contributed by atoms with E-state index < -0.39 is 0 Å². The molecule has 1 N–H and O–H groups in total. The predicted molar refractivity (Wildman–Crippen MR) is 51.6 cm³/mol. The number of aromatic nitrogens is 2. The minimum atomic E-state index is -0.273. The summed E-state index contributed by atoms with van der Waals surface area (Å²) >= 11 is 0. The summed E-state index contributed by atoms with van der Waals surface area (Å²) in [6.45, 7) is 1.70. The van der Waals surface area contributed by atoms with Crippen molar-refractivity contribution in [2.45, 2.75) is 13.5 Å². The molecule has 0 aliphatic heterocycles. The van der Waals surface area contributed by atoms with Gasteiger partial charge in [-0.2, -0.15) is 5.10 Å². The summed E-state index contributed by atoms with van der Waals surface area (Å²) in [6, 6.07) is 5.75. The van der Waals surface area contributed by atoms with Crippen molar-refractivity contribution in [3.8, 4) is 0 Å². The van der Waals surface area contributed by atoms with Crippen LogP contribution >= 0.6 is 0 Å². The molecule has 0 spiro atoms. The fraction of sp³-hybridized carbons (Fsp3) is 0.200. The quantitative estimate of drug-likeness (QED) is 0.732. The summed E-state index contributed by atoms with van der Waals surface area (Å²) < 4.78 is 4.92. The average molecular weight is 190 g/mol. The minimum absolute atomic E-state index is 0.273. The molecule has 0 bridgehead atoms. The average Bonchev–Trinajstić information content (AvgIpc) is 2.62. The van der Waals surface area contributed by atoms with E-state index in [2.05, 4.69) is 10.2 Å². The fourth-order valence-corrected chi connectivity index (χ4v) is 1.33. The number of carbonyl (C=O) groups is 1. The van der Waals surface area contributed by atoms with E-state index in [9.17, 15) is 4.79 Å². The highest BCUT2D eigenvalue weighted by atomic mass is 16.5. The van der Waals surface area contributed by atoms with Gasteiger partial charge in [0.25, 0.3) is 0 Å². The zero-order valence-corrected chi connectivity index (χ0v) is 7.78. The molecule has 0 atom stereocenters. The molecule has 0 unspecified atom stereocenters. The summed E-state index contributed by atoms with van der Waals surface area (Å²) in [5.41, 5.74) is 1.92. The number of benzene rings is 1. The molecule has 0 saturated heterocycles. The summed E-state index contributed by atoms with van der Waals surface area (Å²) in [5.74, 6) is -0.273. The zero-order valence-electron chi connectivity index (χ0n) is 7.78. The van der Waals surface area contributed by atoms with Crippen LogP contribution in [0.25, 0.3) is 10.9 Å². The monoisotopic (exact) mass is 190 g/mol. The van der Waals surface area contributed by atoms with Crippen LogP contribution in [-0.2, 0) is 16.1 Å². The molecule has 0 amide bonds. The smallest absolute Gasteiger partial charge is 0.302 e. The van der Waals surface area contributed by atoms with Crippen LogP contribution in [0, 0.1) is 0 Å². The Kier molecular flexibility index (Phi) is 2.18. The molecular formula is C10H10N2O2. The highest BCUT2D eigenvalue weighted by Crippen LogP contribution is 2.16. The molecule has 1 aromatic carbocycles. The lowest BCUT2D eigenvalue weighted by Crippen LogP contribution is -1.98. The number of nitrogens with one attached hydrogen (secondary N) is 1. The first-order valence-electron chi connectivity index (χ1n) is 4.31. The van der Waals surface area contributed by atoms with Crippen molar-refractivity contribution in [2.24, 2.45) is 0 Å². The molecule has 0 aliphatic carbocycles. The van der Waals surface area contributed by atoms with Crippen molar-refractivity contribution in [3.05, 3.63) is 30.0 Å². The Bertz CT molecular complexity index is 462. The maximum atomic E-state index is 10.6. The second-order valence-corrected chi connectivity index (χ2v) is 3.03. The van der Waals surface area contributed by atoms with Crippen LogP contribution in [0.15, 0.2) is 24.4 Å². The van der Waals surface area contributed by atoms with Gasteiger partial charge in [0.2, 0.25) is 0 Å². The number of nitrogens with zero attached hydrogens (tertiary/aromatic N) is 1. The van der Waals surface area contributed by atoms with Crippen LogP contribution in [0.4, 0.5) is 0 Å². The van der Waals surface area contributed by atoms with Crippen molar-refractivity contribution in [1.82, 2.24) is 10.2 Å². The van der Waals surface area contributed by atoms with Gasteiger partial charge < -0.3 is 4.74 Å². The summed E-state index contributed by atoms with van der Waals surface area (Å²) in [4.78, 5) is 10.6. The van der Waals surface area contributed by atoms with E-state index in [4.69, 9.17) is 4.74 Å². The normalized spacial score (nSPS) is 10.4. The number of hydrogen-bond donors (Lipinski definition) is 1. The highest BCUT2D eigenvalue weighted by Gasteiger charge is 2.03. The van der Waals surface area contributed by atoms with Crippen LogP contribution in [0.2, 0.25) is 0 Å². The molecule has 0 fully saturated rings. The molecule has 4 heteroatoms. The van der Waals surface area contributed by atoms with Crippen LogP contribution < -0.4 is 0 Å². The minimum Gasteiger partial charge on any atom is -0.461 e. The number of carbonyl (C=O) groups excluding carboxylic acids is 1. The van der Waals surface area contributed by atoms with Gasteiger partial charge in [-0.3, -0.25) is 9.89 Å². The zero-order chi connectivity index (χ0) is 9.97. The van der Waals surface area contributed by atoms with Crippen LogP contribution in [-0.4, -0.2) is 16.2 Å². The molecule has 2 aromatic rings. The molecule has 1 heterocycles. The maximum absolute atomic E-state index is 10.6. The molecular weight excluding hydrogens is 180 g/mol. The van der Waals surface area contributed by atoms with Gasteiger partial charge in [-0.25, -0.2) is 0 Å². The number of rotatable bonds is 2.